The first kappa shape index (κ1) is 35.1. The third kappa shape index (κ3) is 7.40. The van der Waals surface area contributed by atoms with Gasteiger partial charge in [0.25, 0.3) is 0 Å². The van der Waals surface area contributed by atoms with Crippen molar-refractivity contribution in [3.8, 4) is 17.2 Å². The summed E-state index contributed by atoms with van der Waals surface area (Å²) >= 11 is 13.2. The maximum absolute atomic E-state index is 14.1. The molecule has 262 valence electrons. The Hall–Kier alpha value is -4.71. The van der Waals surface area contributed by atoms with Gasteiger partial charge in [-0.2, -0.15) is 0 Å². The summed E-state index contributed by atoms with van der Waals surface area (Å²) in [5.74, 6) is -0.995. The monoisotopic (exact) mass is 721 g/mol. The van der Waals surface area contributed by atoms with Gasteiger partial charge in [0.2, 0.25) is 12.4 Å². The topological polar surface area (TPSA) is 136 Å². The smallest absolute Gasteiger partial charge is 0.414 e. The molecule has 4 aromatic rings. The van der Waals surface area contributed by atoms with Crippen LogP contribution in [0.2, 0.25) is 10.0 Å². The van der Waals surface area contributed by atoms with E-state index in [4.69, 9.17) is 37.4 Å². The molecule has 50 heavy (non-hydrogen) atoms. The number of benzene rings is 3. The van der Waals surface area contributed by atoms with Crippen LogP contribution in [-0.4, -0.2) is 67.2 Å². The van der Waals surface area contributed by atoms with Crippen LogP contribution in [0.15, 0.2) is 73.1 Å². The number of piperidine rings is 3. The minimum absolute atomic E-state index is 0.0217. The van der Waals surface area contributed by atoms with Crippen LogP contribution in [0.1, 0.15) is 51.4 Å². The molecule has 0 spiro atoms. The van der Waals surface area contributed by atoms with Crippen molar-refractivity contribution in [3.05, 3.63) is 111 Å². The normalized spacial score (nSPS) is 18.7. The van der Waals surface area contributed by atoms with Crippen LogP contribution >= 0.6 is 23.2 Å². The average Bonchev–Trinajstić information content (AvgIpc) is 3.11. The van der Waals surface area contributed by atoms with Gasteiger partial charge in [0, 0.05) is 34.0 Å². The Labute approximate surface area is 299 Å². The van der Waals surface area contributed by atoms with Crippen LogP contribution in [0.3, 0.4) is 0 Å². The van der Waals surface area contributed by atoms with Crippen molar-refractivity contribution in [1.29, 1.82) is 0 Å². The number of aromatic carboxylic acids is 1. The number of aromatic hydroxyl groups is 1. The van der Waals surface area contributed by atoms with E-state index in [0.29, 0.717) is 46.0 Å². The number of fused-ring (bicyclic) bond motifs is 3. The number of aromatic nitrogens is 1. The van der Waals surface area contributed by atoms with Gasteiger partial charge in [0.1, 0.15) is 21.9 Å². The number of hydrogen-bond donors (Lipinski definition) is 2. The third-order valence-corrected chi connectivity index (χ3v) is 10.3. The molecular formula is C37H37Cl2N3O8. The number of phenolic OH excluding ortho intramolecular Hbond substituents is 1. The predicted molar refractivity (Wildman–Crippen MR) is 183 cm³/mol. The molecule has 3 aliphatic heterocycles. The van der Waals surface area contributed by atoms with Gasteiger partial charge < -0.3 is 29.2 Å². The van der Waals surface area contributed by atoms with Gasteiger partial charge in [0.15, 0.2) is 11.5 Å². The maximum atomic E-state index is 14.1. The summed E-state index contributed by atoms with van der Waals surface area (Å²) in [6.07, 6.45) is 3.69. The standard InChI is InChI=1S/C37H37Cl2N3O8/c1-48-32-11-6-23(16-33(32)49-2)28(17-29-30(38)19-41(47)20-31(29)39)35-24(4-3-5-27(35)36(44)45)18-42(25-7-9-26(43)10-8-25)37(46)50-34-21-40-14-12-22(34)13-15-40/h3-11,16,19-20,22,28,34H,12-15,17-18,21H2,1-2H3,(H2-,43,44,45,47)/t28-,34-/m0/s1. The van der Waals surface area contributed by atoms with Gasteiger partial charge in [-0.15, -0.1) is 0 Å². The molecule has 0 aliphatic carbocycles. The van der Waals surface area contributed by atoms with Crippen molar-refractivity contribution in [2.75, 3.05) is 38.8 Å². The minimum Gasteiger partial charge on any atom is -0.545 e. The number of carboxylic acids is 1. The fraction of sp³-hybridized carbons (Fsp3) is 0.324. The Balaban J connectivity index is 1.48. The first-order chi connectivity index (χ1) is 24.1. The Morgan fingerprint density at radius 2 is 1.68 bits per heavy atom. The minimum atomic E-state index is -1.42. The molecule has 3 saturated heterocycles. The van der Waals surface area contributed by atoms with Crippen molar-refractivity contribution >= 4 is 41.0 Å². The summed E-state index contributed by atoms with van der Waals surface area (Å²) in [5, 5.41) is 33.3. The summed E-state index contributed by atoms with van der Waals surface area (Å²) < 4.78 is 18.0. The number of amides is 1. The largest absolute Gasteiger partial charge is 0.545 e. The second kappa shape index (κ2) is 15.0. The molecule has 13 heteroatoms. The first-order valence-electron chi connectivity index (χ1n) is 16.2. The lowest BCUT2D eigenvalue weighted by Crippen LogP contribution is -2.53. The Morgan fingerprint density at radius 3 is 2.28 bits per heavy atom. The molecule has 11 nitrogen and oxygen atoms in total. The van der Waals surface area contributed by atoms with E-state index in [1.54, 1.807) is 42.5 Å². The Bertz CT molecular complexity index is 1860. The number of hydrogen-bond acceptors (Lipinski definition) is 9. The third-order valence-electron chi connectivity index (χ3n) is 9.61. The van der Waals surface area contributed by atoms with Crippen molar-refractivity contribution in [2.45, 2.75) is 37.8 Å². The van der Waals surface area contributed by atoms with E-state index in [1.165, 1.54) is 49.7 Å². The summed E-state index contributed by atoms with van der Waals surface area (Å²) in [6.45, 7) is 2.52. The molecule has 0 unspecified atom stereocenters. The molecule has 3 fully saturated rings. The number of methoxy groups -OCH3 is 2. The molecular weight excluding hydrogens is 685 g/mol. The lowest BCUT2D eigenvalue weighted by molar-refractivity contribution is -0.904. The summed E-state index contributed by atoms with van der Waals surface area (Å²) in [5.41, 5.74) is 2.28. The zero-order valence-electron chi connectivity index (χ0n) is 27.6. The molecule has 4 heterocycles. The SMILES string of the molecule is COc1ccc([C@H](Cc2c(Cl)c[n+](O)cc2Cl)c2c(CN(C(=O)O[C@H]3CN4CCC3CC4)c3ccc(O)cc3)cccc2C(=O)[O-])cc1OC. The maximum Gasteiger partial charge on any atom is 0.414 e. The van der Waals surface area contributed by atoms with Crippen LogP contribution in [0.25, 0.3) is 0 Å². The molecule has 1 amide bonds. The number of pyridine rings is 1. The average molecular weight is 723 g/mol. The highest BCUT2D eigenvalue weighted by Gasteiger charge is 2.38. The van der Waals surface area contributed by atoms with Crippen molar-refractivity contribution in [3.63, 3.8) is 0 Å². The van der Waals surface area contributed by atoms with E-state index in [-0.39, 0.29) is 46.3 Å². The van der Waals surface area contributed by atoms with Crippen molar-refractivity contribution < 1.29 is 44.0 Å². The highest BCUT2D eigenvalue weighted by atomic mass is 35.5. The number of phenols is 1. The quantitative estimate of drug-likeness (QED) is 0.158. The van der Waals surface area contributed by atoms with Gasteiger partial charge in [-0.3, -0.25) is 15.0 Å². The van der Waals surface area contributed by atoms with Crippen LogP contribution in [-0.2, 0) is 17.7 Å². The lowest BCUT2D eigenvalue weighted by atomic mass is 9.80. The van der Waals surface area contributed by atoms with E-state index >= 15 is 0 Å². The van der Waals surface area contributed by atoms with E-state index in [1.807, 2.05) is 0 Å². The molecule has 2 atom stereocenters. The number of ether oxygens (including phenoxy) is 3. The molecule has 7 rings (SSSR count). The molecule has 0 saturated carbocycles. The summed E-state index contributed by atoms with van der Waals surface area (Å²) in [7, 11) is 3.01. The molecule has 0 radical (unpaired) electrons. The number of carbonyl (C=O) groups is 2. The number of nitrogens with zero attached hydrogens (tertiary/aromatic N) is 3. The van der Waals surface area contributed by atoms with Gasteiger partial charge in [-0.25, -0.2) is 4.79 Å². The fourth-order valence-corrected chi connectivity index (χ4v) is 7.64. The van der Waals surface area contributed by atoms with Gasteiger partial charge in [-0.05, 0) is 91.4 Å². The molecule has 1 aromatic heterocycles. The lowest BCUT2D eigenvalue weighted by Gasteiger charge is -2.44. The van der Waals surface area contributed by atoms with Crippen molar-refractivity contribution in [1.82, 2.24) is 4.90 Å². The molecule has 3 aliphatic rings. The number of carboxylic acid groups (broad SMARTS) is 1. The van der Waals surface area contributed by atoms with Crippen molar-refractivity contribution in [2.24, 2.45) is 5.92 Å². The van der Waals surface area contributed by atoms with Crippen LogP contribution in [0.5, 0.6) is 17.2 Å². The fourth-order valence-electron chi connectivity index (χ4n) is 7.04. The number of carbonyl (C=O) groups excluding carboxylic acids is 2. The van der Waals surface area contributed by atoms with Crippen LogP contribution in [0.4, 0.5) is 10.5 Å². The number of anilines is 1. The van der Waals surface area contributed by atoms with E-state index < -0.39 is 18.0 Å². The molecule has 2 N–H and O–H groups in total. The Kier molecular flexibility index (Phi) is 10.6. The summed E-state index contributed by atoms with van der Waals surface area (Å²) in [6, 6.07) is 16.2. The molecule has 3 aromatic carbocycles. The van der Waals surface area contributed by atoms with Gasteiger partial charge >= 0.3 is 6.09 Å². The van der Waals surface area contributed by atoms with Gasteiger partial charge in [-0.1, -0.05) is 47.5 Å². The number of rotatable bonds is 11. The predicted octanol–water partition coefficient (Wildman–Crippen LogP) is 5.22. The van der Waals surface area contributed by atoms with Crippen LogP contribution < -0.4 is 24.2 Å². The highest BCUT2D eigenvalue weighted by Crippen LogP contribution is 2.41. The van der Waals surface area contributed by atoms with E-state index in [9.17, 15) is 25.0 Å². The Morgan fingerprint density at radius 1 is 1.00 bits per heavy atom. The zero-order chi connectivity index (χ0) is 35.5. The molecule has 2 bridgehead atoms. The van der Waals surface area contributed by atoms with E-state index in [2.05, 4.69) is 4.90 Å². The summed E-state index contributed by atoms with van der Waals surface area (Å²) in [4.78, 5) is 30.7. The van der Waals surface area contributed by atoms with Crippen LogP contribution in [0, 0.1) is 5.92 Å². The second-order valence-corrected chi connectivity index (χ2v) is 13.3. The first-order valence-corrected chi connectivity index (χ1v) is 16.9. The zero-order valence-corrected chi connectivity index (χ0v) is 29.1. The van der Waals surface area contributed by atoms with E-state index in [0.717, 1.165) is 30.7 Å². The second-order valence-electron chi connectivity index (χ2n) is 12.5. The highest BCUT2D eigenvalue weighted by molar-refractivity contribution is 6.35. The number of halogens is 2. The van der Waals surface area contributed by atoms with Gasteiger partial charge in [0.05, 0.1) is 26.7 Å².